The summed E-state index contributed by atoms with van der Waals surface area (Å²) in [5.74, 6) is 1.79. The van der Waals surface area contributed by atoms with Crippen molar-refractivity contribution in [2.75, 3.05) is 36.4 Å². The van der Waals surface area contributed by atoms with E-state index in [-0.39, 0.29) is 6.03 Å². The second-order valence-corrected chi connectivity index (χ2v) is 8.44. The van der Waals surface area contributed by atoms with E-state index in [2.05, 4.69) is 53.3 Å². The molecule has 3 aromatic rings. The third-order valence-corrected chi connectivity index (χ3v) is 5.91. The number of rotatable bonds is 4. The molecule has 32 heavy (non-hydrogen) atoms. The molecule has 0 atom stereocenters. The number of aryl methyl sites for hydroxylation is 3. The van der Waals surface area contributed by atoms with Crippen molar-refractivity contribution >= 4 is 17.5 Å². The van der Waals surface area contributed by atoms with Gasteiger partial charge in [-0.2, -0.15) is 0 Å². The lowest BCUT2D eigenvalue weighted by Crippen LogP contribution is -2.38. The Hall–Kier alpha value is -3.41. The Balaban J connectivity index is 1.51. The quantitative estimate of drug-likeness (QED) is 0.651. The van der Waals surface area contributed by atoms with E-state index >= 15 is 0 Å². The van der Waals surface area contributed by atoms with Crippen LogP contribution < -0.4 is 10.2 Å². The Morgan fingerprint density at radius 2 is 1.66 bits per heavy atom. The van der Waals surface area contributed by atoms with Crippen molar-refractivity contribution < 1.29 is 4.79 Å². The van der Waals surface area contributed by atoms with Crippen molar-refractivity contribution in [3.63, 3.8) is 0 Å². The lowest BCUT2D eigenvalue weighted by molar-refractivity contribution is 0.215. The van der Waals surface area contributed by atoms with Crippen molar-refractivity contribution in [2.45, 2.75) is 33.6 Å². The summed E-state index contributed by atoms with van der Waals surface area (Å²) in [6.45, 7) is 9.12. The molecule has 2 amide bonds. The average molecular weight is 430 g/mol. The fourth-order valence-corrected chi connectivity index (χ4v) is 4.15. The van der Waals surface area contributed by atoms with E-state index in [9.17, 15) is 4.79 Å². The van der Waals surface area contributed by atoms with Crippen LogP contribution in [-0.4, -0.2) is 47.1 Å². The number of benzene rings is 2. The fourth-order valence-electron chi connectivity index (χ4n) is 4.15. The third-order valence-electron chi connectivity index (χ3n) is 5.91. The molecule has 0 bridgehead atoms. The van der Waals surface area contributed by atoms with Crippen molar-refractivity contribution in [3.05, 3.63) is 82.8 Å². The Morgan fingerprint density at radius 1 is 0.906 bits per heavy atom. The first-order valence-electron chi connectivity index (χ1n) is 11.2. The Kier molecular flexibility index (Phi) is 6.69. The second kappa shape index (κ2) is 9.81. The Labute approximate surface area is 190 Å². The standard InChI is InChI=1S/C26H31N5O/c1-19-10-12-22(13-11-19)18-24-20(2)27-21(3)28-25(24)30-14-7-15-31(17-16-30)26(32)29-23-8-5-4-6-9-23/h4-6,8-13H,7,14-18H2,1-3H3,(H,29,32). The zero-order valence-corrected chi connectivity index (χ0v) is 19.1. The Morgan fingerprint density at radius 3 is 2.41 bits per heavy atom. The van der Waals surface area contributed by atoms with Gasteiger partial charge in [-0.05, 0) is 44.9 Å². The topological polar surface area (TPSA) is 61.4 Å². The number of amides is 2. The van der Waals surface area contributed by atoms with Crippen LogP contribution in [-0.2, 0) is 6.42 Å². The summed E-state index contributed by atoms with van der Waals surface area (Å²) < 4.78 is 0. The molecule has 1 fully saturated rings. The van der Waals surface area contributed by atoms with E-state index in [1.54, 1.807) is 0 Å². The van der Waals surface area contributed by atoms with Crippen molar-refractivity contribution in [2.24, 2.45) is 0 Å². The molecule has 4 rings (SSSR count). The fraction of sp³-hybridized carbons (Fsp3) is 0.346. The molecule has 0 radical (unpaired) electrons. The maximum Gasteiger partial charge on any atom is 0.321 e. The van der Waals surface area contributed by atoms with E-state index in [0.717, 1.165) is 55.5 Å². The molecule has 0 unspecified atom stereocenters. The van der Waals surface area contributed by atoms with E-state index in [1.165, 1.54) is 16.7 Å². The molecule has 0 saturated carbocycles. The van der Waals surface area contributed by atoms with Gasteiger partial charge >= 0.3 is 6.03 Å². The van der Waals surface area contributed by atoms with E-state index in [1.807, 2.05) is 42.2 Å². The van der Waals surface area contributed by atoms with Crippen LogP contribution in [0.1, 0.15) is 34.6 Å². The summed E-state index contributed by atoms with van der Waals surface area (Å²) in [6.07, 6.45) is 1.70. The first-order valence-corrected chi connectivity index (χ1v) is 11.2. The van der Waals surface area contributed by atoms with E-state index < -0.39 is 0 Å². The van der Waals surface area contributed by atoms with Crippen LogP contribution in [0, 0.1) is 20.8 Å². The van der Waals surface area contributed by atoms with Crippen LogP contribution in [0.5, 0.6) is 0 Å². The lowest BCUT2D eigenvalue weighted by atomic mass is 10.0. The van der Waals surface area contributed by atoms with Gasteiger partial charge in [-0.15, -0.1) is 0 Å². The summed E-state index contributed by atoms with van der Waals surface area (Å²) in [4.78, 5) is 26.5. The molecule has 6 heteroatoms. The first-order chi connectivity index (χ1) is 15.5. The zero-order valence-electron chi connectivity index (χ0n) is 19.1. The number of carbonyl (C=O) groups is 1. The lowest BCUT2D eigenvalue weighted by Gasteiger charge is -2.26. The molecule has 2 aromatic carbocycles. The van der Waals surface area contributed by atoms with E-state index in [4.69, 9.17) is 4.98 Å². The molecule has 1 aliphatic heterocycles. The van der Waals surface area contributed by atoms with Gasteiger partial charge in [-0.1, -0.05) is 48.0 Å². The van der Waals surface area contributed by atoms with E-state index in [0.29, 0.717) is 6.54 Å². The highest BCUT2D eigenvalue weighted by Gasteiger charge is 2.23. The maximum atomic E-state index is 12.8. The number of anilines is 2. The van der Waals surface area contributed by atoms with Gasteiger partial charge in [0.05, 0.1) is 0 Å². The molecule has 0 spiro atoms. The summed E-state index contributed by atoms with van der Waals surface area (Å²) in [5.41, 5.74) is 5.53. The second-order valence-electron chi connectivity index (χ2n) is 8.44. The van der Waals surface area contributed by atoms with Gasteiger partial charge in [-0.3, -0.25) is 0 Å². The smallest absolute Gasteiger partial charge is 0.321 e. The molecule has 6 nitrogen and oxygen atoms in total. The molecule has 2 heterocycles. The summed E-state index contributed by atoms with van der Waals surface area (Å²) in [6, 6.07) is 18.2. The van der Waals surface area contributed by atoms with Gasteiger partial charge in [0, 0.05) is 49.5 Å². The number of nitrogens with zero attached hydrogens (tertiary/aromatic N) is 4. The number of aromatic nitrogens is 2. The van der Waals surface area contributed by atoms with Crippen molar-refractivity contribution in [3.8, 4) is 0 Å². The van der Waals surface area contributed by atoms with Gasteiger partial charge in [-0.25, -0.2) is 14.8 Å². The number of hydrogen-bond donors (Lipinski definition) is 1. The predicted octanol–water partition coefficient (Wildman–Crippen LogP) is 4.74. The van der Waals surface area contributed by atoms with Crippen molar-refractivity contribution in [1.29, 1.82) is 0 Å². The van der Waals surface area contributed by atoms with Gasteiger partial charge < -0.3 is 15.1 Å². The maximum absolute atomic E-state index is 12.8. The molecular weight excluding hydrogens is 398 g/mol. The highest BCUT2D eigenvalue weighted by molar-refractivity contribution is 5.89. The van der Waals surface area contributed by atoms with Gasteiger partial charge in [0.1, 0.15) is 11.6 Å². The molecule has 1 aromatic heterocycles. The molecule has 1 saturated heterocycles. The highest BCUT2D eigenvalue weighted by atomic mass is 16.2. The summed E-state index contributed by atoms with van der Waals surface area (Å²) in [5, 5.41) is 3.00. The molecule has 0 aliphatic carbocycles. The predicted molar refractivity (Wildman–Crippen MR) is 129 cm³/mol. The molecular formula is C26H31N5O. The van der Waals surface area contributed by atoms with Gasteiger partial charge in [0.15, 0.2) is 0 Å². The largest absolute Gasteiger partial charge is 0.354 e. The van der Waals surface area contributed by atoms with Crippen LogP contribution >= 0.6 is 0 Å². The summed E-state index contributed by atoms with van der Waals surface area (Å²) in [7, 11) is 0. The van der Waals surface area contributed by atoms with Crippen molar-refractivity contribution in [1.82, 2.24) is 14.9 Å². The van der Waals surface area contributed by atoms with Crippen LogP contribution in [0.3, 0.4) is 0 Å². The Bertz CT molecular complexity index is 1070. The SMILES string of the molecule is Cc1ccc(Cc2c(C)nc(C)nc2N2CCCN(C(=O)Nc3ccccc3)CC2)cc1. The summed E-state index contributed by atoms with van der Waals surface area (Å²) >= 11 is 0. The molecule has 166 valence electrons. The minimum Gasteiger partial charge on any atom is -0.354 e. The van der Waals surface area contributed by atoms with Gasteiger partial charge in [0.25, 0.3) is 0 Å². The average Bonchev–Trinajstić information content (AvgIpc) is 3.04. The normalized spacial score (nSPS) is 14.2. The minimum absolute atomic E-state index is 0.0482. The minimum atomic E-state index is -0.0482. The number of carbonyl (C=O) groups excluding carboxylic acids is 1. The number of urea groups is 1. The first kappa shape index (κ1) is 21.8. The van der Waals surface area contributed by atoms with Crippen LogP contribution in [0.25, 0.3) is 0 Å². The van der Waals surface area contributed by atoms with Crippen LogP contribution in [0.15, 0.2) is 54.6 Å². The van der Waals surface area contributed by atoms with Crippen LogP contribution in [0.2, 0.25) is 0 Å². The third kappa shape index (κ3) is 5.25. The zero-order chi connectivity index (χ0) is 22.5. The number of hydrogen-bond acceptors (Lipinski definition) is 4. The number of nitrogens with one attached hydrogen (secondary N) is 1. The number of para-hydroxylation sites is 1. The molecule has 1 N–H and O–H groups in total. The molecule has 1 aliphatic rings. The highest BCUT2D eigenvalue weighted by Crippen LogP contribution is 2.25. The van der Waals surface area contributed by atoms with Gasteiger partial charge in [0.2, 0.25) is 0 Å². The van der Waals surface area contributed by atoms with Crippen LogP contribution in [0.4, 0.5) is 16.3 Å². The monoisotopic (exact) mass is 429 g/mol.